The number of aromatic amines is 1. The number of anilines is 1. The minimum Gasteiger partial charge on any atom is -0.388 e. The second-order valence-corrected chi connectivity index (χ2v) is 7.99. The average Bonchev–Trinajstić information content (AvgIpc) is 3.49. The molecular formula is C21H18F3N7O3S. The number of rotatable bonds is 6. The molecule has 4 aromatic rings. The van der Waals surface area contributed by atoms with Crippen molar-refractivity contribution in [1.29, 1.82) is 0 Å². The van der Waals surface area contributed by atoms with E-state index in [9.17, 15) is 22.8 Å². The molecule has 0 saturated heterocycles. The van der Waals surface area contributed by atoms with E-state index in [4.69, 9.17) is 4.42 Å². The lowest BCUT2D eigenvalue weighted by molar-refractivity contribution is -0.140. The van der Waals surface area contributed by atoms with Crippen LogP contribution in [-0.2, 0) is 6.18 Å². The molecule has 0 bridgehead atoms. The Labute approximate surface area is 199 Å². The molecule has 0 aliphatic carbocycles. The Morgan fingerprint density at radius 1 is 1.14 bits per heavy atom. The standard InChI is InChI=1S/C21H18F3N7O3S/c1-3-31(4-2)19(32)28-16-6-13(18-27-15(10-35-18)21(22,23)24)14(9-26-16)11-5-12(8-25-7-11)17-29-30-20(33)34-17/h5-10H,3-4H2,1-2H3,(H,30,33)(H,26,28,32). The van der Waals surface area contributed by atoms with E-state index < -0.39 is 23.7 Å². The van der Waals surface area contributed by atoms with Gasteiger partial charge in [-0.1, -0.05) is 0 Å². The number of amides is 2. The maximum atomic E-state index is 13.2. The van der Waals surface area contributed by atoms with Crippen molar-refractivity contribution in [2.75, 3.05) is 18.4 Å². The van der Waals surface area contributed by atoms with Crippen LogP contribution in [-0.4, -0.2) is 49.2 Å². The second-order valence-electron chi connectivity index (χ2n) is 7.13. The number of halogens is 3. The summed E-state index contributed by atoms with van der Waals surface area (Å²) < 4.78 is 44.6. The Morgan fingerprint density at radius 3 is 2.51 bits per heavy atom. The first-order chi connectivity index (χ1) is 16.7. The van der Waals surface area contributed by atoms with Crippen LogP contribution in [0.4, 0.5) is 23.8 Å². The van der Waals surface area contributed by atoms with Crippen molar-refractivity contribution in [2.24, 2.45) is 0 Å². The summed E-state index contributed by atoms with van der Waals surface area (Å²) in [4.78, 5) is 37.5. The largest absolute Gasteiger partial charge is 0.434 e. The Kier molecular flexibility index (Phi) is 6.64. The van der Waals surface area contributed by atoms with E-state index in [1.54, 1.807) is 6.07 Å². The molecule has 0 spiro atoms. The quantitative estimate of drug-likeness (QED) is 0.395. The predicted molar refractivity (Wildman–Crippen MR) is 122 cm³/mol. The number of alkyl halides is 3. The van der Waals surface area contributed by atoms with Crippen LogP contribution in [0.15, 0.2) is 45.3 Å². The van der Waals surface area contributed by atoms with Gasteiger partial charge in [0.1, 0.15) is 10.8 Å². The van der Waals surface area contributed by atoms with Crippen LogP contribution in [0, 0.1) is 0 Å². The number of carbonyl (C=O) groups is 1. The highest BCUT2D eigenvalue weighted by molar-refractivity contribution is 7.13. The first-order valence-electron chi connectivity index (χ1n) is 10.3. The molecule has 0 saturated carbocycles. The minimum atomic E-state index is -4.61. The lowest BCUT2D eigenvalue weighted by Crippen LogP contribution is -2.34. The van der Waals surface area contributed by atoms with E-state index in [-0.39, 0.29) is 16.7 Å². The lowest BCUT2D eigenvalue weighted by Gasteiger charge is -2.19. The molecule has 182 valence electrons. The molecule has 2 amide bonds. The Hall–Kier alpha value is -4.07. The molecular weight excluding hydrogens is 487 g/mol. The van der Waals surface area contributed by atoms with Gasteiger partial charge in [-0.2, -0.15) is 13.2 Å². The number of thiazole rings is 1. The maximum Gasteiger partial charge on any atom is 0.434 e. The summed E-state index contributed by atoms with van der Waals surface area (Å²) in [5, 5.41) is 9.57. The van der Waals surface area contributed by atoms with Gasteiger partial charge in [0, 0.05) is 53.8 Å². The van der Waals surface area contributed by atoms with Gasteiger partial charge in [0.2, 0.25) is 0 Å². The molecule has 0 radical (unpaired) electrons. The fourth-order valence-corrected chi connectivity index (χ4v) is 4.07. The van der Waals surface area contributed by atoms with E-state index in [0.717, 1.165) is 16.7 Å². The third-order valence-electron chi connectivity index (χ3n) is 4.95. The van der Waals surface area contributed by atoms with Crippen LogP contribution in [0.1, 0.15) is 19.5 Å². The first-order valence-corrected chi connectivity index (χ1v) is 11.2. The van der Waals surface area contributed by atoms with Gasteiger partial charge in [0.05, 0.1) is 5.56 Å². The van der Waals surface area contributed by atoms with Crippen molar-refractivity contribution in [3.8, 4) is 33.2 Å². The second kappa shape index (κ2) is 9.66. The average molecular weight is 505 g/mol. The van der Waals surface area contributed by atoms with Gasteiger partial charge in [-0.15, -0.1) is 16.4 Å². The summed E-state index contributed by atoms with van der Waals surface area (Å²) in [5.74, 6) is -0.606. The zero-order chi connectivity index (χ0) is 25.2. The topological polar surface area (TPSA) is 130 Å². The summed E-state index contributed by atoms with van der Waals surface area (Å²) in [6.45, 7) is 4.58. The third kappa shape index (κ3) is 5.21. The van der Waals surface area contributed by atoms with Gasteiger partial charge in [0.25, 0.3) is 5.89 Å². The number of carbonyl (C=O) groups excluding carboxylic acids is 1. The zero-order valence-electron chi connectivity index (χ0n) is 18.4. The SMILES string of the molecule is CCN(CC)C(=O)Nc1cc(-c2nc(C(F)(F)F)cs2)c(-c2cncc(-c3n[nH]c(=O)o3)c2)cn1. The van der Waals surface area contributed by atoms with Crippen LogP contribution in [0.5, 0.6) is 0 Å². The van der Waals surface area contributed by atoms with Crippen LogP contribution in [0.25, 0.3) is 33.2 Å². The number of hydrogen-bond donors (Lipinski definition) is 2. The molecule has 4 aromatic heterocycles. The molecule has 2 N–H and O–H groups in total. The molecule has 0 aliphatic heterocycles. The van der Waals surface area contributed by atoms with Crippen LogP contribution < -0.4 is 11.1 Å². The number of H-pyrrole nitrogens is 1. The fraction of sp³-hybridized carbons (Fsp3) is 0.238. The summed E-state index contributed by atoms with van der Waals surface area (Å²) in [6, 6.07) is 2.66. The highest BCUT2D eigenvalue weighted by atomic mass is 32.1. The monoisotopic (exact) mass is 505 g/mol. The van der Waals surface area contributed by atoms with Crippen LogP contribution in [0.3, 0.4) is 0 Å². The van der Waals surface area contributed by atoms with Crippen molar-refractivity contribution >= 4 is 23.2 Å². The smallest absolute Gasteiger partial charge is 0.388 e. The van der Waals surface area contributed by atoms with Crippen molar-refractivity contribution in [2.45, 2.75) is 20.0 Å². The Balaban J connectivity index is 1.80. The summed E-state index contributed by atoms with van der Waals surface area (Å²) >= 11 is 0.806. The van der Waals surface area contributed by atoms with Gasteiger partial charge in [0.15, 0.2) is 5.69 Å². The molecule has 4 rings (SSSR count). The highest BCUT2D eigenvalue weighted by Gasteiger charge is 2.34. The number of aromatic nitrogens is 5. The maximum absolute atomic E-state index is 13.2. The number of nitrogens with zero attached hydrogens (tertiary/aromatic N) is 5. The molecule has 0 atom stereocenters. The van der Waals surface area contributed by atoms with E-state index >= 15 is 0 Å². The molecule has 0 fully saturated rings. The van der Waals surface area contributed by atoms with Gasteiger partial charge in [-0.25, -0.2) is 24.7 Å². The van der Waals surface area contributed by atoms with E-state index in [1.807, 2.05) is 13.8 Å². The predicted octanol–water partition coefficient (Wildman–Crippen LogP) is 4.50. The van der Waals surface area contributed by atoms with Crippen molar-refractivity contribution in [3.05, 3.63) is 52.3 Å². The molecule has 0 aliphatic rings. The molecule has 4 heterocycles. The van der Waals surface area contributed by atoms with Crippen molar-refractivity contribution in [3.63, 3.8) is 0 Å². The first kappa shape index (κ1) is 24.1. The highest BCUT2D eigenvalue weighted by Crippen LogP contribution is 2.38. The molecule has 10 nitrogen and oxygen atoms in total. The zero-order valence-corrected chi connectivity index (χ0v) is 19.2. The van der Waals surface area contributed by atoms with E-state index in [1.165, 1.54) is 29.6 Å². The van der Waals surface area contributed by atoms with Gasteiger partial charge < -0.3 is 9.32 Å². The third-order valence-corrected chi connectivity index (χ3v) is 5.82. The van der Waals surface area contributed by atoms with Crippen molar-refractivity contribution < 1.29 is 22.4 Å². The summed E-state index contributed by atoms with van der Waals surface area (Å²) in [6.07, 6.45) is -0.315. The van der Waals surface area contributed by atoms with E-state index in [0.29, 0.717) is 35.3 Å². The summed E-state index contributed by atoms with van der Waals surface area (Å²) in [7, 11) is 0. The lowest BCUT2D eigenvalue weighted by atomic mass is 10.0. The molecule has 14 heteroatoms. The van der Waals surface area contributed by atoms with Crippen LogP contribution in [0.2, 0.25) is 0 Å². The Morgan fingerprint density at radius 2 is 1.89 bits per heavy atom. The fourth-order valence-electron chi connectivity index (χ4n) is 3.22. The molecule has 0 unspecified atom stereocenters. The Bertz CT molecular complexity index is 1410. The van der Waals surface area contributed by atoms with Gasteiger partial charge in [-0.3, -0.25) is 10.3 Å². The number of pyridine rings is 2. The van der Waals surface area contributed by atoms with Gasteiger partial charge >= 0.3 is 18.0 Å². The number of hydrogen-bond acceptors (Lipinski definition) is 8. The summed E-state index contributed by atoms with van der Waals surface area (Å²) in [5.41, 5.74) is 0.500. The van der Waals surface area contributed by atoms with E-state index in [2.05, 4.69) is 30.5 Å². The molecule has 35 heavy (non-hydrogen) atoms. The number of urea groups is 1. The minimum absolute atomic E-state index is 0.00410. The normalized spacial score (nSPS) is 11.5. The van der Waals surface area contributed by atoms with Gasteiger partial charge in [-0.05, 0) is 26.0 Å². The van der Waals surface area contributed by atoms with Crippen LogP contribution >= 0.6 is 11.3 Å². The van der Waals surface area contributed by atoms with Crippen molar-refractivity contribution in [1.82, 2.24) is 30.0 Å². The number of nitrogens with one attached hydrogen (secondary N) is 2. The molecule has 0 aromatic carbocycles.